The zero-order valence-electron chi connectivity index (χ0n) is 14.1. The van der Waals surface area contributed by atoms with Gasteiger partial charge in [0.1, 0.15) is 5.60 Å². The van der Waals surface area contributed by atoms with E-state index in [-0.39, 0.29) is 17.0 Å². The maximum absolute atomic E-state index is 12.7. The van der Waals surface area contributed by atoms with Crippen molar-refractivity contribution in [3.8, 4) is 0 Å². The SMILES string of the molecule is C=C(C)C1(OC(=O)C(C)(C)CC)CC2CC1C1CCCC21. The van der Waals surface area contributed by atoms with Gasteiger partial charge in [-0.3, -0.25) is 4.79 Å². The van der Waals surface area contributed by atoms with Crippen LogP contribution in [-0.2, 0) is 9.53 Å². The summed E-state index contributed by atoms with van der Waals surface area (Å²) in [6.45, 7) is 12.3. The summed E-state index contributed by atoms with van der Waals surface area (Å²) in [6.07, 6.45) is 7.19. The molecule has 0 N–H and O–H groups in total. The molecule has 0 heterocycles. The van der Waals surface area contributed by atoms with Crippen LogP contribution in [0.3, 0.4) is 0 Å². The lowest BCUT2D eigenvalue weighted by Gasteiger charge is -2.44. The normalized spacial score (nSPS) is 41.1. The molecule has 0 saturated heterocycles. The number of esters is 1. The molecule has 3 fully saturated rings. The number of ether oxygens (including phenoxy) is 1. The quantitative estimate of drug-likeness (QED) is 0.552. The first kappa shape index (κ1) is 15.1. The smallest absolute Gasteiger partial charge is 0.312 e. The fourth-order valence-electron chi connectivity index (χ4n) is 5.23. The second kappa shape index (κ2) is 4.86. The zero-order chi connectivity index (χ0) is 15.4. The molecular weight excluding hydrogens is 260 g/mol. The predicted octanol–water partition coefficient (Wildman–Crippen LogP) is 4.74. The van der Waals surface area contributed by atoms with Crippen molar-refractivity contribution in [3.05, 3.63) is 12.2 Å². The highest BCUT2D eigenvalue weighted by Gasteiger charge is 2.63. The first-order chi connectivity index (χ1) is 9.82. The third-order valence-corrected chi connectivity index (χ3v) is 6.90. The molecule has 3 saturated carbocycles. The minimum absolute atomic E-state index is 0.0323. The Labute approximate surface area is 129 Å². The number of hydrogen-bond donors (Lipinski definition) is 0. The van der Waals surface area contributed by atoms with Crippen molar-refractivity contribution in [2.24, 2.45) is 29.1 Å². The number of rotatable bonds is 4. The van der Waals surface area contributed by atoms with Crippen LogP contribution >= 0.6 is 0 Å². The van der Waals surface area contributed by atoms with Crippen LogP contribution in [-0.4, -0.2) is 11.6 Å². The molecular formula is C19H30O2. The van der Waals surface area contributed by atoms with Crippen LogP contribution in [0.25, 0.3) is 0 Å². The van der Waals surface area contributed by atoms with Crippen molar-refractivity contribution in [2.75, 3.05) is 0 Å². The van der Waals surface area contributed by atoms with Crippen molar-refractivity contribution in [1.29, 1.82) is 0 Å². The Morgan fingerprint density at radius 3 is 2.62 bits per heavy atom. The second-order valence-corrected chi connectivity index (χ2v) is 8.36. The first-order valence-electron chi connectivity index (χ1n) is 8.71. The lowest BCUT2D eigenvalue weighted by molar-refractivity contribution is -0.174. The van der Waals surface area contributed by atoms with E-state index >= 15 is 0 Å². The molecule has 0 radical (unpaired) electrons. The van der Waals surface area contributed by atoms with Gasteiger partial charge in [0.2, 0.25) is 0 Å². The van der Waals surface area contributed by atoms with Crippen LogP contribution in [0.2, 0.25) is 0 Å². The minimum atomic E-state index is -0.390. The van der Waals surface area contributed by atoms with Gasteiger partial charge in [-0.15, -0.1) is 0 Å². The molecule has 0 spiro atoms. The van der Waals surface area contributed by atoms with Gasteiger partial charge in [0.15, 0.2) is 0 Å². The molecule has 3 aliphatic rings. The highest BCUT2D eigenvalue weighted by Crippen LogP contribution is 2.65. The summed E-state index contributed by atoms with van der Waals surface area (Å²) in [4.78, 5) is 12.7. The number of carbonyl (C=O) groups is 1. The maximum atomic E-state index is 12.7. The van der Waals surface area contributed by atoms with Gasteiger partial charge < -0.3 is 4.74 Å². The van der Waals surface area contributed by atoms with Crippen LogP contribution in [0.1, 0.15) is 66.2 Å². The highest BCUT2D eigenvalue weighted by molar-refractivity contribution is 5.76. The molecule has 2 bridgehead atoms. The summed E-state index contributed by atoms with van der Waals surface area (Å²) in [5, 5.41) is 0. The van der Waals surface area contributed by atoms with Gasteiger partial charge in [-0.25, -0.2) is 0 Å². The average Bonchev–Trinajstić information content (AvgIpc) is 3.09. The molecule has 3 aliphatic carbocycles. The van der Waals surface area contributed by atoms with Gasteiger partial charge in [0.25, 0.3) is 0 Å². The Balaban J connectivity index is 1.86. The molecule has 0 amide bonds. The summed E-state index contributed by atoms with van der Waals surface area (Å²) in [5.41, 5.74) is 0.319. The van der Waals surface area contributed by atoms with Crippen LogP contribution in [0, 0.1) is 29.1 Å². The van der Waals surface area contributed by atoms with Gasteiger partial charge >= 0.3 is 5.97 Å². The molecule has 5 atom stereocenters. The molecule has 5 unspecified atom stereocenters. The van der Waals surface area contributed by atoms with Gasteiger partial charge in [-0.1, -0.05) is 19.9 Å². The van der Waals surface area contributed by atoms with Crippen LogP contribution in [0.4, 0.5) is 0 Å². The molecule has 0 aromatic heterocycles. The molecule has 118 valence electrons. The lowest BCUT2D eigenvalue weighted by Crippen LogP contribution is -2.48. The van der Waals surface area contributed by atoms with Crippen LogP contribution < -0.4 is 0 Å². The van der Waals surface area contributed by atoms with E-state index in [1.165, 1.54) is 25.7 Å². The lowest BCUT2D eigenvalue weighted by atomic mass is 9.70. The van der Waals surface area contributed by atoms with E-state index in [0.717, 1.165) is 36.2 Å². The van der Waals surface area contributed by atoms with Crippen molar-refractivity contribution >= 4 is 5.97 Å². The minimum Gasteiger partial charge on any atom is -0.454 e. The van der Waals surface area contributed by atoms with Crippen molar-refractivity contribution in [3.63, 3.8) is 0 Å². The van der Waals surface area contributed by atoms with E-state index in [9.17, 15) is 4.79 Å². The Bertz CT molecular complexity index is 464. The van der Waals surface area contributed by atoms with E-state index in [0.29, 0.717) is 5.92 Å². The molecule has 0 aliphatic heterocycles. The second-order valence-electron chi connectivity index (χ2n) is 8.36. The molecule has 3 rings (SSSR count). The molecule has 2 nitrogen and oxygen atoms in total. The Hall–Kier alpha value is -0.790. The monoisotopic (exact) mass is 290 g/mol. The summed E-state index contributed by atoms with van der Waals surface area (Å²) < 4.78 is 6.22. The largest absolute Gasteiger partial charge is 0.454 e. The Morgan fingerprint density at radius 2 is 2.00 bits per heavy atom. The van der Waals surface area contributed by atoms with E-state index in [2.05, 4.69) is 20.4 Å². The van der Waals surface area contributed by atoms with Crippen molar-refractivity contribution in [1.82, 2.24) is 0 Å². The Morgan fingerprint density at radius 1 is 1.33 bits per heavy atom. The van der Waals surface area contributed by atoms with E-state index in [4.69, 9.17) is 4.74 Å². The van der Waals surface area contributed by atoms with Gasteiger partial charge in [-0.2, -0.15) is 0 Å². The fraction of sp³-hybridized carbons (Fsp3) is 0.842. The molecule has 2 heteroatoms. The van der Waals surface area contributed by atoms with Crippen molar-refractivity contribution < 1.29 is 9.53 Å². The van der Waals surface area contributed by atoms with Gasteiger partial charge in [0, 0.05) is 5.92 Å². The predicted molar refractivity (Wildman–Crippen MR) is 84.8 cm³/mol. The number of fused-ring (bicyclic) bond motifs is 5. The zero-order valence-corrected chi connectivity index (χ0v) is 14.1. The van der Waals surface area contributed by atoms with Crippen LogP contribution in [0.15, 0.2) is 12.2 Å². The average molecular weight is 290 g/mol. The number of carbonyl (C=O) groups excluding carboxylic acids is 1. The molecule has 0 aromatic carbocycles. The first-order valence-corrected chi connectivity index (χ1v) is 8.71. The Kier molecular flexibility index (Phi) is 3.50. The van der Waals surface area contributed by atoms with Crippen LogP contribution in [0.5, 0.6) is 0 Å². The maximum Gasteiger partial charge on any atom is 0.312 e. The topological polar surface area (TPSA) is 26.3 Å². The van der Waals surface area contributed by atoms with Crippen molar-refractivity contribution in [2.45, 2.75) is 71.8 Å². The van der Waals surface area contributed by atoms with E-state index in [1.807, 2.05) is 13.8 Å². The summed E-state index contributed by atoms with van der Waals surface area (Å²) in [6, 6.07) is 0. The van der Waals surface area contributed by atoms with Gasteiger partial charge in [-0.05, 0) is 76.2 Å². The molecule has 0 aromatic rings. The highest BCUT2D eigenvalue weighted by atomic mass is 16.6. The molecule has 21 heavy (non-hydrogen) atoms. The summed E-state index contributed by atoms with van der Waals surface area (Å²) in [7, 11) is 0. The van der Waals surface area contributed by atoms with E-state index < -0.39 is 0 Å². The standard InChI is InChI=1S/C19H30O2/c1-6-18(4,5)17(20)21-19(12(2)3)11-13-10-16(19)15-9-7-8-14(13)15/h13-16H,2,6-11H2,1,3-5H3. The third kappa shape index (κ3) is 2.09. The summed E-state index contributed by atoms with van der Waals surface area (Å²) >= 11 is 0. The van der Waals surface area contributed by atoms with Gasteiger partial charge in [0.05, 0.1) is 5.41 Å². The fourth-order valence-corrected chi connectivity index (χ4v) is 5.23. The summed E-state index contributed by atoms with van der Waals surface area (Å²) in [5.74, 6) is 2.94. The van der Waals surface area contributed by atoms with E-state index in [1.54, 1.807) is 0 Å². The third-order valence-electron chi connectivity index (χ3n) is 6.90. The number of hydrogen-bond acceptors (Lipinski definition) is 2.